The third-order valence-electron chi connectivity index (χ3n) is 2.70. The van der Waals surface area contributed by atoms with Gasteiger partial charge >= 0.3 is 11.9 Å². The smallest absolute Gasteiger partial charge is 0.376 e. The van der Waals surface area contributed by atoms with Gasteiger partial charge < -0.3 is 4.74 Å². The number of ketones is 1. The van der Waals surface area contributed by atoms with Gasteiger partial charge in [-0.3, -0.25) is 14.9 Å². The number of nitro groups is 1. The number of esters is 1. The minimum Gasteiger partial charge on any atom is -0.462 e. The molecule has 0 atom stereocenters. The molecule has 0 aromatic heterocycles. The van der Waals surface area contributed by atoms with Gasteiger partial charge in [-0.2, -0.15) is 8.78 Å². The van der Waals surface area contributed by atoms with Crippen LogP contribution in [0.3, 0.4) is 0 Å². The molecule has 1 rings (SSSR count). The normalized spacial score (nSPS) is 11.1. The van der Waals surface area contributed by atoms with Crippen molar-refractivity contribution >= 4 is 29.0 Å². The van der Waals surface area contributed by atoms with Gasteiger partial charge in [0.25, 0.3) is 5.69 Å². The summed E-state index contributed by atoms with van der Waals surface area (Å²) in [6, 6.07) is 3.13. The number of nitrogens with zero attached hydrogens (tertiary/aromatic N) is 1. The van der Waals surface area contributed by atoms with Crippen LogP contribution in [-0.4, -0.2) is 29.2 Å². The third-order valence-corrected chi connectivity index (χ3v) is 3.03. The summed E-state index contributed by atoms with van der Waals surface area (Å²) in [6.07, 6.45) is -1.77. The first-order valence-corrected chi connectivity index (χ1v) is 6.59. The van der Waals surface area contributed by atoms with Crippen molar-refractivity contribution in [2.75, 3.05) is 6.61 Å². The molecular weight excluding hydrogens is 324 g/mol. The van der Waals surface area contributed by atoms with Crippen LogP contribution in [0.15, 0.2) is 18.2 Å². The maximum atomic E-state index is 13.4. The van der Waals surface area contributed by atoms with E-state index in [1.807, 2.05) is 0 Å². The highest BCUT2D eigenvalue weighted by Crippen LogP contribution is 2.27. The van der Waals surface area contributed by atoms with Gasteiger partial charge in [-0.15, -0.1) is 0 Å². The van der Waals surface area contributed by atoms with E-state index in [-0.39, 0.29) is 22.9 Å². The van der Waals surface area contributed by atoms with Gasteiger partial charge in [0.2, 0.25) is 0 Å². The molecule has 0 spiro atoms. The Bertz CT molecular complexity index is 606. The molecule has 0 saturated heterocycles. The lowest BCUT2D eigenvalue weighted by atomic mass is 10.0. The Hall–Kier alpha value is -2.09. The molecule has 1 aromatic carbocycles. The van der Waals surface area contributed by atoms with E-state index in [4.69, 9.17) is 11.6 Å². The molecule has 0 fully saturated rings. The second-order valence-electron chi connectivity index (χ2n) is 4.27. The van der Waals surface area contributed by atoms with Crippen LogP contribution in [-0.2, 0) is 9.53 Å². The molecule has 0 amide bonds. The maximum absolute atomic E-state index is 13.4. The molecule has 1 aromatic rings. The quantitative estimate of drug-likeness (QED) is 0.330. The predicted octanol–water partition coefficient (Wildman–Crippen LogP) is 3.41. The van der Waals surface area contributed by atoms with Crippen molar-refractivity contribution in [1.29, 1.82) is 0 Å². The number of alkyl halides is 2. The molecular formula is C13H12ClF2NO5. The summed E-state index contributed by atoms with van der Waals surface area (Å²) in [5.41, 5.74) is -0.625. The second kappa shape index (κ2) is 7.26. The van der Waals surface area contributed by atoms with Crippen LogP contribution in [0.1, 0.15) is 30.1 Å². The molecule has 0 aliphatic carbocycles. The highest BCUT2D eigenvalue weighted by molar-refractivity contribution is 6.34. The fourth-order valence-corrected chi connectivity index (χ4v) is 1.81. The van der Waals surface area contributed by atoms with Crippen LogP contribution in [0, 0.1) is 10.1 Å². The number of hydrogen-bond donors (Lipinski definition) is 0. The number of carbonyl (C=O) groups excluding carboxylic acids is 2. The minimum atomic E-state index is -3.81. The molecule has 9 heteroatoms. The Morgan fingerprint density at radius 3 is 2.59 bits per heavy atom. The summed E-state index contributed by atoms with van der Waals surface area (Å²) < 4.78 is 31.0. The first kappa shape index (κ1) is 18.0. The molecule has 0 aliphatic rings. The summed E-state index contributed by atoms with van der Waals surface area (Å²) in [4.78, 5) is 32.8. The minimum absolute atomic E-state index is 0.0879. The van der Waals surface area contributed by atoms with E-state index in [1.54, 1.807) is 0 Å². The average molecular weight is 336 g/mol. The van der Waals surface area contributed by atoms with Gasteiger partial charge in [0.05, 0.1) is 16.6 Å². The van der Waals surface area contributed by atoms with Crippen molar-refractivity contribution in [3.63, 3.8) is 0 Å². The third kappa shape index (κ3) is 4.45. The van der Waals surface area contributed by atoms with Gasteiger partial charge in [0, 0.05) is 30.5 Å². The van der Waals surface area contributed by atoms with E-state index in [1.165, 1.54) is 6.92 Å². The zero-order valence-corrected chi connectivity index (χ0v) is 12.2. The molecule has 0 aliphatic heterocycles. The molecule has 120 valence electrons. The standard InChI is InChI=1S/C13H12ClF2NO5/c1-2-22-12(19)13(15,16)6-5-11(18)9-7-8(17(20)21)3-4-10(9)14/h3-4,7H,2,5-6H2,1H3. The van der Waals surface area contributed by atoms with Crippen LogP contribution in [0.2, 0.25) is 5.02 Å². The largest absolute Gasteiger partial charge is 0.462 e. The van der Waals surface area contributed by atoms with Crippen LogP contribution in [0.4, 0.5) is 14.5 Å². The predicted molar refractivity (Wildman–Crippen MR) is 73.3 cm³/mol. The van der Waals surface area contributed by atoms with Crippen molar-refractivity contribution in [1.82, 2.24) is 0 Å². The molecule has 22 heavy (non-hydrogen) atoms. The Morgan fingerprint density at radius 1 is 1.41 bits per heavy atom. The average Bonchev–Trinajstić information content (AvgIpc) is 2.45. The van der Waals surface area contributed by atoms with Crippen LogP contribution >= 0.6 is 11.6 Å². The fourth-order valence-electron chi connectivity index (χ4n) is 1.58. The van der Waals surface area contributed by atoms with Gasteiger partial charge in [-0.05, 0) is 13.0 Å². The fraction of sp³-hybridized carbons (Fsp3) is 0.385. The monoisotopic (exact) mass is 335 g/mol. The van der Waals surface area contributed by atoms with Crippen LogP contribution in [0.25, 0.3) is 0 Å². The molecule has 0 radical (unpaired) electrons. The second-order valence-corrected chi connectivity index (χ2v) is 4.68. The lowest BCUT2D eigenvalue weighted by molar-refractivity contribution is -0.384. The number of non-ortho nitro benzene ring substituents is 1. The van der Waals surface area contributed by atoms with Gasteiger partial charge in [-0.1, -0.05) is 11.6 Å². The maximum Gasteiger partial charge on any atom is 0.376 e. The van der Waals surface area contributed by atoms with E-state index in [0.29, 0.717) is 0 Å². The Labute approximate surface area is 129 Å². The topological polar surface area (TPSA) is 86.5 Å². The highest BCUT2D eigenvalue weighted by atomic mass is 35.5. The van der Waals surface area contributed by atoms with Gasteiger partial charge in [0.15, 0.2) is 5.78 Å². The van der Waals surface area contributed by atoms with Crippen LogP contribution in [0.5, 0.6) is 0 Å². The number of benzene rings is 1. The lowest BCUT2D eigenvalue weighted by Crippen LogP contribution is -2.31. The highest BCUT2D eigenvalue weighted by Gasteiger charge is 2.40. The number of nitro benzene ring substituents is 1. The van der Waals surface area contributed by atoms with Crippen molar-refractivity contribution < 1.29 is 28.0 Å². The number of rotatable bonds is 7. The molecule has 0 bridgehead atoms. The van der Waals surface area contributed by atoms with E-state index < -0.39 is 35.4 Å². The van der Waals surface area contributed by atoms with Gasteiger partial charge in [-0.25, -0.2) is 4.79 Å². The van der Waals surface area contributed by atoms with Crippen molar-refractivity contribution in [2.24, 2.45) is 0 Å². The van der Waals surface area contributed by atoms with E-state index in [0.717, 1.165) is 18.2 Å². The van der Waals surface area contributed by atoms with Crippen LogP contribution < -0.4 is 0 Å². The summed E-state index contributed by atoms with van der Waals surface area (Å²) in [5, 5.41) is 10.5. The Kier molecular flexibility index (Phi) is 5.92. The van der Waals surface area contributed by atoms with E-state index in [9.17, 15) is 28.5 Å². The lowest BCUT2D eigenvalue weighted by Gasteiger charge is -2.14. The van der Waals surface area contributed by atoms with Crippen molar-refractivity contribution in [3.8, 4) is 0 Å². The van der Waals surface area contributed by atoms with E-state index >= 15 is 0 Å². The first-order valence-electron chi connectivity index (χ1n) is 6.21. The first-order chi connectivity index (χ1) is 10.2. The zero-order valence-electron chi connectivity index (χ0n) is 11.5. The number of carbonyl (C=O) groups is 2. The van der Waals surface area contributed by atoms with Gasteiger partial charge in [0.1, 0.15) is 0 Å². The summed E-state index contributed by atoms with van der Waals surface area (Å²) in [6.45, 7) is 1.17. The number of halogens is 3. The van der Waals surface area contributed by atoms with Crippen molar-refractivity contribution in [2.45, 2.75) is 25.7 Å². The summed E-state index contributed by atoms with van der Waals surface area (Å²) in [5.74, 6) is -6.34. The van der Waals surface area contributed by atoms with Crippen molar-refractivity contribution in [3.05, 3.63) is 38.9 Å². The molecule has 0 unspecified atom stereocenters. The Morgan fingerprint density at radius 2 is 2.05 bits per heavy atom. The summed E-state index contributed by atoms with van der Waals surface area (Å²) in [7, 11) is 0. The SMILES string of the molecule is CCOC(=O)C(F)(F)CCC(=O)c1cc([N+](=O)[O-])ccc1Cl. The molecule has 0 saturated carbocycles. The zero-order chi connectivity index (χ0) is 16.9. The number of Topliss-reactive ketones (excluding diaryl/α,β-unsaturated/α-hetero) is 1. The molecule has 6 nitrogen and oxygen atoms in total. The van der Waals surface area contributed by atoms with E-state index in [2.05, 4.69) is 4.74 Å². The Balaban J connectivity index is 2.84. The summed E-state index contributed by atoms with van der Waals surface area (Å²) >= 11 is 5.74. The number of hydrogen-bond acceptors (Lipinski definition) is 5. The molecule has 0 heterocycles. The molecule has 0 N–H and O–H groups in total. The number of ether oxygens (including phenoxy) is 1.